The van der Waals surface area contributed by atoms with E-state index >= 15 is 0 Å². The van der Waals surface area contributed by atoms with Crippen molar-refractivity contribution in [2.75, 3.05) is 4.90 Å². The summed E-state index contributed by atoms with van der Waals surface area (Å²) < 4.78 is 14.8. The first-order valence-electron chi connectivity index (χ1n) is 14.5. The molecule has 0 saturated carbocycles. The maximum atomic E-state index is 14.8. The number of fused-ring (bicyclic) bond motifs is 1. The molecule has 2 amide bonds. The fourth-order valence-corrected chi connectivity index (χ4v) is 5.71. The van der Waals surface area contributed by atoms with Crippen molar-refractivity contribution in [1.82, 2.24) is 0 Å². The van der Waals surface area contributed by atoms with Gasteiger partial charge in [0.15, 0.2) is 0 Å². The quantitative estimate of drug-likeness (QED) is 0.144. The molecule has 0 atom stereocenters. The zero-order valence-corrected chi connectivity index (χ0v) is 23.9. The van der Waals surface area contributed by atoms with Crippen LogP contribution in [-0.4, -0.2) is 18.0 Å². The first-order chi connectivity index (χ1) is 20.9. The van der Waals surface area contributed by atoms with Crippen molar-refractivity contribution in [1.29, 1.82) is 5.41 Å². The van der Waals surface area contributed by atoms with E-state index in [4.69, 9.17) is 5.41 Å². The Bertz CT molecular complexity index is 1890. The second-order valence-corrected chi connectivity index (χ2v) is 10.9. The SMILES string of the molecule is CCCc1ccc(-c2ccc(CCc3ccc(-c4ccc5cc(N6C(=O)C=CC6=O)ccc5c4)cc3)c(C=N)c2)c(F)c1. The van der Waals surface area contributed by atoms with Gasteiger partial charge in [0.2, 0.25) is 0 Å². The van der Waals surface area contributed by atoms with Crippen molar-refractivity contribution in [3.8, 4) is 22.3 Å². The molecule has 212 valence electrons. The molecule has 0 unspecified atom stereocenters. The number of imide groups is 1. The van der Waals surface area contributed by atoms with E-state index in [1.807, 2.05) is 54.6 Å². The highest BCUT2D eigenvalue weighted by Gasteiger charge is 2.25. The van der Waals surface area contributed by atoms with Crippen molar-refractivity contribution < 1.29 is 14.0 Å². The first kappa shape index (κ1) is 28.0. The molecule has 0 aliphatic carbocycles. The number of benzene rings is 5. The van der Waals surface area contributed by atoms with Gasteiger partial charge in [0.25, 0.3) is 11.8 Å². The van der Waals surface area contributed by atoms with Gasteiger partial charge in [0.1, 0.15) is 5.82 Å². The van der Waals surface area contributed by atoms with Crippen LogP contribution in [0.3, 0.4) is 0 Å². The number of hydrogen-bond donors (Lipinski definition) is 1. The van der Waals surface area contributed by atoms with Gasteiger partial charge in [-0.3, -0.25) is 9.59 Å². The number of aryl methyl sites for hydroxylation is 3. The lowest BCUT2D eigenvalue weighted by atomic mass is 9.94. The number of carbonyl (C=O) groups is 2. The second-order valence-electron chi connectivity index (χ2n) is 10.9. The predicted octanol–water partition coefficient (Wildman–Crippen LogP) is 8.48. The molecule has 5 aromatic carbocycles. The van der Waals surface area contributed by atoms with E-state index in [-0.39, 0.29) is 17.6 Å². The summed E-state index contributed by atoms with van der Waals surface area (Å²) in [4.78, 5) is 25.3. The van der Waals surface area contributed by atoms with Crippen LogP contribution in [0, 0.1) is 11.2 Å². The van der Waals surface area contributed by atoms with Gasteiger partial charge in [0, 0.05) is 23.9 Å². The van der Waals surface area contributed by atoms with Gasteiger partial charge in [-0.2, -0.15) is 0 Å². The fraction of sp³-hybridized carbons (Fsp3) is 0.132. The minimum absolute atomic E-state index is 0.224. The first-order valence-corrected chi connectivity index (χ1v) is 14.5. The summed E-state index contributed by atoms with van der Waals surface area (Å²) in [5, 5.41) is 9.95. The highest BCUT2D eigenvalue weighted by molar-refractivity contribution is 6.28. The van der Waals surface area contributed by atoms with E-state index in [1.165, 1.54) is 28.8 Å². The Morgan fingerprint density at radius 3 is 2.07 bits per heavy atom. The molecule has 0 bridgehead atoms. The minimum atomic E-state index is -0.324. The number of carbonyl (C=O) groups excluding carboxylic acids is 2. The van der Waals surface area contributed by atoms with E-state index in [9.17, 15) is 14.0 Å². The van der Waals surface area contributed by atoms with Crippen LogP contribution in [0.4, 0.5) is 10.1 Å². The van der Waals surface area contributed by atoms with Crippen LogP contribution in [0.2, 0.25) is 0 Å². The number of nitrogens with zero attached hydrogens (tertiary/aromatic N) is 1. The number of amides is 2. The number of hydrogen-bond acceptors (Lipinski definition) is 3. The Balaban J connectivity index is 1.14. The van der Waals surface area contributed by atoms with Crippen molar-refractivity contribution >= 4 is 34.5 Å². The lowest BCUT2D eigenvalue weighted by Gasteiger charge is -2.15. The summed E-state index contributed by atoms with van der Waals surface area (Å²) in [5.74, 6) is -0.871. The molecule has 0 aromatic heterocycles. The standard InChI is InChI=1S/C38H31FN2O2/c1-2-3-26-7-17-35(36(39)20-26)32-14-11-28(33(22-32)24-40)10-6-25-4-8-27(9-5-25)29-12-13-31-23-34(16-15-30(31)21-29)41-37(42)18-19-38(41)43/h4-5,7-9,11-24,40H,2-3,6,10H2,1H3. The average molecular weight is 567 g/mol. The van der Waals surface area contributed by atoms with Crippen molar-refractivity contribution in [2.24, 2.45) is 0 Å². The van der Waals surface area contributed by atoms with Crippen LogP contribution in [0.5, 0.6) is 0 Å². The van der Waals surface area contributed by atoms with Crippen LogP contribution in [0.1, 0.15) is 35.6 Å². The fourth-order valence-electron chi connectivity index (χ4n) is 5.71. The van der Waals surface area contributed by atoms with Gasteiger partial charge in [-0.1, -0.05) is 80.1 Å². The third-order valence-corrected chi connectivity index (χ3v) is 8.05. The predicted molar refractivity (Wildman–Crippen MR) is 172 cm³/mol. The Hall–Kier alpha value is -5.16. The molecule has 1 heterocycles. The molecule has 0 radical (unpaired) electrons. The molecule has 0 saturated heterocycles. The Labute approximate surface area is 250 Å². The zero-order valence-electron chi connectivity index (χ0n) is 23.9. The van der Waals surface area contributed by atoms with Crippen LogP contribution >= 0.6 is 0 Å². The van der Waals surface area contributed by atoms with E-state index in [0.29, 0.717) is 11.3 Å². The molecule has 0 spiro atoms. The third-order valence-electron chi connectivity index (χ3n) is 8.05. The summed E-state index contributed by atoms with van der Waals surface area (Å²) in [7, 11) is 0. The normalized spacial score (nSPS) is 12.8. The molecular weight excluding hydrogens is 535 g/mol. The van der Waals surface area contributed by atoms with Crippen LogP contribution in [-0.2, 0) is 28.9 Å². The summed E-state index contributed by atoms with van der Waals surface area (Å²) >= 11 is 0. The molecule has 43 heavy (non-hydrogen) atoms. The number of rotatable bonds is 9. The molecule has 5 aromatic rings. The average Bonchev–Trinajstić information content (AvgIpc) is 3.37. The van der Waals surface area contributed by atoms with E-state index < -0.39 is 0 Å². The lowest BCUT2D eigenvalue weighted by molar-refractivity contribution is -0.119. The second kappa shape index (κ2) is 12.0. The van der Waals surface area contributed by atoms with Crippen molar-refractivity contribution in [3.05, 3.63) is 137 Å². The summed E-state index contributed by atoms with van der Waals surface area (Å²) in [5.41, 5.74) is 8.16. The summed E-state index contributed by atoms with van der Waals surface area (Å²) in [6.45, 7) is 2.08. The maximum Gasteiger partial charge on any atom is 0.258 e. The number of anilines is 1. The Morgan fingerprint density at radius 1 is 0.674 bits per heavy atom. The van der Waals surface area contributed by atoms with Gasteiger partial charge in [0.05, 0.1) is 5.69 Å². The Morgan fingerprint density at radius 2 is 1.35 bits per heavy atom. The van der Waals surface area contributed by atoms with E-state index in [1.54, 1.807) is 12.1 Å². The summed E-state index contributed by atoms with van der Waals surface area (Å²) in [6, 6.07) is 31.6. The van der Waals surface area contributed by atoms with Crippen molar-refractivity contribution in [2.45, 2.75) is 32.6 Å². The lowest BCUT2D eigenvalue weighted by Crippen LogP contribution is -2.29. The number of halogens is 1. The topological polar surface area (TPSA) is 61.2 Å². The highest BCUT2D eigenvalue weighted by atomic mass is 19.1. The monoisotopic (exact) mass is 566 g/mol. The molecule has 4 nitrogen and oxygen atoms in total. The van der Waals surface area contributed by atoms with E-state index in [2.05, 4.69) is 37.3 Å². The molecule has 0 fully saturated rings. The number of nitrogens with one attached hydrogen (secondary N) is 1. The van der Waals surface area contributed by atoms with Gasteiger partial charge >= 0.3 is 0 Å². The molecule has 1 aliphatic heterocycles. The largest absolute Gasteiger partial charge is 0.308 e. The third kappa shape index (κ3) is 5.80. The minimum Gasteiger partial charge on any atom is -0.308 e. The van der Waals surface area contributed by atoms with Gasteiger partial charge in [-0.15, -0.1) is 0 Å². The van der Waals surface area contributed by atoms with E-state index in [0.717, 1.165) is 69.8 Å². The zero-order chi connectivity index (χ0) is 29.9. The van der Waals surface area contributed by atoms with Gasteiger partial charge < -0.3 is 5.41 Å². The van der Waals surface area contributed by atoms with Crippen LogP contribution < -0.4 is 4.90 Å². The molecular formula is C38H31FN2O2. The summed E-state index contributed by atoms with van der Waals surface area (Å²) in [6.07, 6.45) is 7.37. The highest BCUT2D eigenvalue weighted by Crippen LogP contribution is 2.30. The molecule has 6 rings (SSSR count). The maximum absolute atomic E-state index is 14.8. The van der Waals surface area contributed by atoms with Crippen LogP contribution in [0.15, 0.2) is 109 Å². The molecule has 1 N–H and O–H groups in total. The molecule has 1 aliphatic rings. The Kier molecular flexibility index (Phi) is 7.80. The van der Waals surface area contributed by atoms with Crippen LogP contribution in [0.25, 0.3) is 33.0 Å². The molecule has 5 heteroatoms. The van der Waals surface area contributed by atoms with Gasteiger partial charge in [-0.25, -0.2) is 9.29 Å². The van der Waals surface area contributed by atoms with Gasteiger partial charge in [-0.05, 0) is 99.3 Å². The van der Waals surface area contributed by atoms with Crippen molar-refractivity contribution in [3.63, 3.8) is 0 Å². The smallest absolute Gasteiger partial charge is 0.258 e.